The Kier molecular flexibility index (Phi) is 7.21. The molecular weight excluding hydrogens is 464 g/mol. The van der Waals surface area contributed by atoms with Crippen molar-refractivity contribution in [1.82, 2.24) is 9.55 Å². The van der Waals surface area contributed by atoms with Gasteiger partial charge in [0.15, 0.2) is 6.61 Å². The molecule has 0 radical (unpaired) electrons. The van der Waals surface area contributed by atoms with Crippen LogP contribution in [-0.4, -0.2) is 34.5 Å². The third-order valence-electron chi connectivity index (χ3n) is 6.77. The van der Waals surface area contributed by atoms with E-state index in [1.54, 1.807) is 4.90 Å². The largest absolute Gasteiger partial charge is 0.482 e. The molecule has 190 valence electrons. The van der Waals surface area contributed by atoms with Crippen molar-refractivity contribution in [2.45, 2.75) is 46.1 Å². The zero-order valence-electron chi connectivity index (χ0n) is 21.4. The van der Waals surface area contributed by atoms with Crippen LogP contribution in [0, 0.1) is 6.92 Å². The van der Waals surface area contributed by atoms with Gasteiger partial charge in [0, 0.05) is 31.6 Å². The van der Waals surface area contributed by atoms with Crippen LogP contribution in [0.15, 0.2) is 66.7 Å². The summed E-state index contributed by atoms with van der Waals surface area (Å²) in [7, 11) is 0. The van der Waals surface area contributed by atoms with Gasteiger partial charge in [-0.15, -0.1) is 0 Å². The van der Waals surface area contributed by atoms with Gasteiger partial charge in [-0.2, -0.15) is 0 Å². The predicted octanol–water partition coefficient (Wildman–Crippen LogP) is 5.29. The lowest BCUT2D eigenvalue weighted by molar-refractivity contribution is -0.121. The Morgan fingerprint density at radius 2 is 1.86 bits per heavy atom. The third kappa shape index (κ3) is 5.50. The van der Waals surface area contributed by atoms with Crippen LogP contribution in [0.4, 0.5) is 11.4 Å². The fourth-order valence-corrected chi connectivity index (χ4v) is 4.86. The number of nitrogens with zero attached hydrogens (tertiary/aromatic N) is 3. The first-order valence-electron chi connectivity index (χ1n) is 12.9. The first-order chi connectivity index (χ1) is 18.0. The second-order valence-electron chi connectivity index (χ2n) is 9.41. The smallest absolute Gasteiger partial charge is 0.265 e. The molecule has 5 rings (SSSR count). The number of aromatic nitrogens is 2. The number of amides is 2. The lowest BCUT2D eigenvalue weighted by atomic mass is 10.1. The summed E-state index contributed by atoms with van der Waals surface area (Å²) in [6.07, 6.45) is 2.64. The molecule has 37 heavy (non-hydrogen) atoms. The lowest BCUT2D eigenvalue weighted by Gasteiger charge is -2.29. The van der Waals surface area contributed by atoms with E-state index in [0.29, 0.717) is 25.1 Å². The molecule has 0 atom stereocenters. The van der Waals surface area contributed by atoms with Gasteiger partial charge in [-0.05, 0) is 74.2 Å². The summed E-state index contributed by atoms with van der Waals surface area (Å²) in [6.45, 7) is 5.54. The summed E-state index contributed by atoms with van der Waals surface area (Å²) < 4.78 is 7.80. The number of nitrogens with one attached hydrogen (secondary N) is 1. The molecule has 2 heterocycles. The normalized spacial score (nSPS) is 12.9. The highest BCUT2D eigenvalue weighted by Gasteiger charge is 2.25. The molecule has 7 nitrogen and oxygen atoms in total. The Balaban J connectivity index is 1.12. The Bertz CT molecular complexity index is 1420. The number of imidazole rings is 1. The first-order valence-corrected chi connectivity index (χ1v) is 12.9. The zero-order chi connectivity index (χ0) is 25.8. The van der Waals surface area contributed by atoms with Gasteiger partial charge in [-0.25, -0.2) is 4.98 Å². The average Bonchev–Trinajstić information content (AvgIpc) is 3.27. The van der Waals surface area contributed by atoms with E-state index in [2.05, 4.69) is 47.1 Å². The van der Waals surface area contributed by atoms with Crippen LogP contribution >= 0.6 is 0 Å². The Morgan fingerprint density at radius 1 is 1.05 bits per heavy atom. The number of carbonyl (C=O) groups is 2. The number of hydrogen-bond acceptors (Lipinski definition) is 4. The molecule has 3 aromatic carbocycles. The van der Waals surface area contributed by atoms with Crippen LogP contribution in [0.3, 0.4) is 0 Å². The van der Waals surface area contributed by atoms with E-state index in [9.17, 15) is 9.59 Å². The van der Waals surface area contributed by atoms with Gasteiger partial charge in [-0.3, -0.25) is 9.59 Å². The maximum absolute atomic E-state index is 12.5. The number of benzene rings is 3. The van der Waals surface area contributed by atoms with E-state index in [0.717, 1.165) is 47.7 Å². The minimum atomic E-state index is -0.0800. The SMILES string of the molecule is CCn1c(CCc2ccc(NC(=O)CCCN3C(=O)COc4ccc(C)cc43)cc2)nc2ccccc21. The van der Waals surface area contributed by atoms with Gasteiger partial charge in [0.05, 0.1) is 16.7 Å². The molecule has 0 saturated heterocycles. The number of rotatable bonds is 9. The number of carbonyl (C=O) groups excluding carboxylic acids is 2. The fourth-order valence-electron chi connectivity index (χ4n) is 4.86. The van der Waals surface area contributed by atoms with E-state index < -0.39 is 0 Å². The van der Waals surface area contributed by atoms with Gasteiger partial charge < -0.3 is 19.5 Å². The van der Waals surface area contributed by atoms with Gasteiger partial charge >= 0.3 is 0 Å². The number of ether oxygens (including phenoxy) is 1. The summed E-state index contributed by atoms with van der Waals surface area (Å²) >= 11 is 0. The molecule has 0 unspecified atom stereocenters. The maximum Gasteiger partial charge on any atom is 0.265 e. The monoisotopic (exact) mass is 496 g/mol. The van der Waals surface area contributed by atoms with Crippen molar-refractivity contribution in [3.05, 3.63) is 83.7 Å². The number of fused-ring (bicyclic) bond motifs is 2. The quantitative estimate of drug-likeness (QED) is 0.341. The highest BCUT2D eigenvalue weighted by molar-refractivity contribution is 5.98. The summed E-state index contributed by atoms with van der Waals surface area (Å²) in [5.74, 6) is 1.66. The van der Waals surface area contributed by atoms with E-state index in [4.69, 9.17) is 9.72 Å². The molecular formula is C30H32N4O3. The van der Waals surface area contributed by atoms with E-state index >= 15 is 0 Å². The fraction of sp³-hybridized carbons (Fsp3) is 0.300. The topological polar surface area (TPSA) is 76.5 Å². The molecule has 0 fully saturated rings. The number of para-hydroxylation sites is 2. The number of aryl methyl sites for hydroxylation is 4. The molecule has 1 aromatic heterocycles. The van der Waals surface area contributed by atoms with E-state index in [-0.39, 0.29) is 18.4 Å². The van der Waals surface area contributed by atoms with Gasteiger partial charge in [-0.1, -0.05) is 30.3 Å². The lowest BCUT2D eigenvalue weighted by Crippen LogP contribution is -2.39. The summed E-state index contributed by atoms with van der Waals surface area (Å²) in [5.41, 5.74) is 6.03. The zero-order valence-corrected chi connectivity index (χ0v) is 21.4. The molecule has 0 bridgehead atoms. The summed E-state index contributed by atoms with van der Waals surface area (Å²) in [5, 5.41) is 2.97. The molecule has 0 spiro atoms. The molecule has 1 aliphatic heterocycles. The van der Waals surface area contributed by atoms with Crippen LogP contribution < -0.4 is 15.0 Å². The van der Waals surface area contributed by atoms with Crippen molar-refractivity contribution in [3.8, 4) is 5.75 Å². The van der Waals surface area contributed by atoms with Gasteiger partial charge in [0.25, 0.3) is 5.91 Å². The van der Waals surface area contributed by atoms with E-state index in [1.807, 2.05) is 43.3 Å². The van der Waals surface area contributed by atoms with Crippen LogP contribution in [0.1, 0.15) is 36.7 Å². The second kappa shape index (κ2) is 10.9. The van der Waals surface area contributed by atoms with Crippen molar-refractivity contribution in [2.75, 3.05) is 23.4 Å². The molecule has 1 aliphatic rings. The van der Waals surface area contributed by atoms with Crippen LogP contribution in [0.25, 0.3) is 11.0 Å². The summed E-state index contributed by atoms with van der Waals surface area (Å²) in [6, 6.07) is 22.1. The van der Waals surface area contributed by atoms with Gasteiger partial charge in [0.2, 0.25) is 5.91 Å². The van der Waals surface area contributed by atoms with Crippen molar-refractivity contribution in [2.24, 2.45) is 0 Å². The van der Waals surface area contributed by atoms with Crippen molar-refractivity contribution >= 4 is 34.2 Å². The standard InChI is InChI=1S/C30H32N4O3/c1-3-33-25-8-5-4-7-24(25)32-28(33)17-13-22-11-14-23(15-12-22)31-29(35)9-6-18-34-26-19-21(2)10-16-27(26)37-20-30(34)36/h4-5,7-8,10-12,14-16,19H,3,6,9,13,17-18,20H2,1-2H3,(H,31,35). The molecule has 0 aliphatic carbocycles. The minimum Gasteiger partial charge on any atom is -0.482 e. The third-order valence-corrected chi connectivity index (χ3v) is 6.77. The molecule has 2 amide bonds. The molecule has 0 saturated carbocycles. The highest BCUT2D eigenvalue weighted by Crippen LogP contribution is 2.33. The van der Waals surface area contributed by atoms with Crippen LogP contribution in [0.2, 0.25) is 0 Å². The molecule has 1 N–H and O–H groups in total. The van der Waals surface area contributed by atoms with E-state index in [1.165, 1.54) is 11.1 Å². The van der Waals surface area contributed by atoms with Crippen LogP contribution in [-0.2, 0) is 29.0 Å². The Labute approximate surface area is 217 Å². The predicted molar refractivity (Wildman–Crippen MR) is 146 cm³/mol. The number of anilines is 2. The maximum atomic E-state index is 12.5. The number of hydrogen-bond donors (Lipinski definition) is 1. The highest BCUT2D eigenvalue weighted by atomic mass is 16.5. The average molecular weight is 497 g/mol. The first kappa shape index (κ1) is 24.6. The molecule has 4 aromatic rings. The van der Waals surface area contributed by atoms with Crippen molar-refractivity contribution < 1.29 is 14.3 Å². The van der Waals surface area contributed by atoms with Crippen LogP contribution in [0.5, 0.6) is 5.75 Å². The van der Waals surface area contributed by atoms with Crippen molar-refractivity contribution in [3.63, 3.8) is 0 Å². The van der Waals surface area contributed by atoms with Gasteiger partial charge in [0.1, 0.15) is 11.6 Å². The summed E-state index contributed by atoms with van der Waals surface area (Å²) in [4.78, 5) is 31.5. The Hall–Kier alpha value is -4.13. The second-order valence-corrected chi connectivity index (χ2v) is 9.41. The van der Waals surface area contributed by atoms with Crippen molar-refractivity contribution in [1.29, 1.82) is 0 Å². The minimum absolute atomic E-state index is 0.0331. The molecule has 7 heteroatoms. The Morgan fingerprint density at radius 3 is 2.68 bits per heavy atom.